The summed E-state index contributed by atoms with van der Waals surface area (Å²) >= 11 is 0. The molecule has 1 nitrogen and oxygen atoms in total. The van der Waals surface area contributed by atoms with E-state index in [4.69, 9.17) is 0 Å². The Kier molecular flexibility index (Phi) is 10.9. The van der Waals surface area contributed by atoms with Gasteiger partial charge in [0.1, 0.15) is 6.29 Å². The molecule has 0 aliphatic heterocycles. The van der Waals surface area contributed by atoms with Crippen LogP contribution in [-0.2, 0) is 4.79 Å². The first-order chi connectivity index (χ1) is 6.91. The van der Waals surface area contributed by atoms with E-state index in [1.165, 1.54) is 31.8 Å². The molecule has 0 saturated carbocycles. The van der Waals surface area contributed by atoms with Gasteiger partial charge in [0, 0.05) is 0 Å². The number of rotatable bonds is 8. The fourth-order valence-electron chi connectivity index (χ4n) is 1.10. The van der Waals surface area contributed by atoms with E-state index in [1.807, 2.05) is 18.2 Å². The Morgan fingerprint density at radius 1 is 0.857 bits per heavy atom. The molecule has 0 radical (unpaired) electrons. The Balaban J connectivity index is 3.30. The van der Waals surface area contributed by atoms with Gasteiger partial charge in [0.05, 0.1) is 0 Å². The van der Waals surface area contributed by atoms with Crippen LogP contribution in [0.25, 0.3) is 0 Å². The Morgan fingerprint density at radius 2 is 1.57 bits per heavy atom. The molecule has 0 saturated heterocycles. The molecule has 0 heterocycles. The first-order valence-electron chi connectivity index (χ1n) is 5.35. The lowest BCUT2D eigenvalue weighted by Crippen LogP contribution is -1.72. The number of unbranched alkanes of at least 4 members (excludes halogenated alkanes) is 4. The molecular formula is C13H20O. The molecule has 0 fully saturated rings. The maximum Gasteiger partial charge on any atom is 0.142 e. The molecular weight excluding hydrogens is 172 g/mol. The van der Waals surface area contributed by atoms with Gasteiger partial charge < -0.3 is 0 Å². The van der Waals surface area contributed by atoms with Crippen LogP contribution in [0.2, 0.25) is 0 Å². The van der Waals surface area contributed by atoms with Gasteiger partial charge in [-0.1, -0.05) is 56.6 Å². The lowest BCUT2D eigenvalue weighted by molar-refractivity contribution is -0.104. The Hall–Kier alpha value is -1.11. The summed E-state index contributed by atoms with van der Waals surface area (Å²) in [5, 5.41) is 0. The van der Waals surface area contributed by atoms with E-state index in [0.717, 1.165) is 12.7 Å². The zero-order chi connectivity index (χ0) is 10.5. The first-order valence-corrected chi connectivity index (χ1v) is 5.35. The summed E-state index contributed by atoms with van der Waals surface area (Å²) < 4.78 is 0. The van der Waals surface area contributed by atoms with Gasteiger partial charge in [-0.2, -0.15) is 0 Å². The third kappa shape index (κ3) is 10.9. The second-order valence-electron chi connectivity index (χ2n) is 3.18. The van der Waals surface area contributed by atoms with Gasteiger partial charge in [-0.15, -0.1) is 0 Å². The van der Waals surface area contributed by atoms with Crippen molar-refractivity contribution >= 4 is 6.29 Å². The SMILES string of the molecule is CCCCCC/C=C\C=CC=CC=O. The summed E-state index contributed by atoms with van der Waals surface area (Å²) in [6.07, 6.45) is 18.4. The molecule has 0 rings (SSSR count). The van der Waals surface area contributed by atoms with Crippen LogP contribution < -0.4 is 0 Å². The first kappa shape index (κ1) is 12.9. The summed E-state index contributed by atoms with van der Waals surface area (Å²) in [4.78, 5) is 9.90. The number of hydrogen-bond acceptors (Lipinski definition) is 1. The molecule has 0 aromatic rings. The molecule has 78 valence electrons. The van der Waals surface area contributed by atoms with Crippen molar-refractivity contribution in [2.45, 2.75) is 39.0 Å². The maximum atomic E-state index is 9.90. The number of hydrogen-bond donors (Lipinski definition) is 0. The standard InChI is InChI=1S/C13H20O/c1-2-3-4-5-6-7-8-9-10-11-12-13-14/h7-13H,2-6H2,1H3/b8-7-,10-9?,12-11?. The van der Waals surface area contributed by atoms with Gasteiger partial charge >= 0.3 is 0 Å². The highest BCUT2D eigenvalue weighted by molar-refractivity contribution is 5.65. The molecule has 0 atom stereocenters. The predicted molar refractivity (Wildman–Crippen MR) is 62.2 cm³/mol. The zero-order valence-electron chi connectivity index (χ0n) is 8.99. The van der Waals surface area contributed by atoms with Crippen LogP contribution in [0.15, 0.2) is 36.5 Å². The van der Waals surface area contributed by atoms with Crippen LogP contribution in [0.4, 0.5) is 0 Å². The molecule has 0 aliphatic carbocycles. The van der Waals surface area contributed by atoms with E-state index in [9.17, 15) is 4.79 Å². The van der Waals surface area contributed by atoms with E-state index >= 15 is 0 Å². The lowest BCUT2D eigenvalue weighted by atomic mass is 10.1. The Morgan fingerprint density at radius 3 is 2.29 bits per heavy atom. The quantitative estimate of drug-likeness (QED) is 0.247. The summed E-state index contributed by atoms with van der Waals surface area (Å²) in [5.74, 6) is 0. The minimum absolute atomic E-state index is 0.777. The highest BCUT2D eigenvalue weighted by Gasteiger charge is 1.82. The molecule has 1 heteroatoms. The number of aldehydes is 1. The molecule has 14 heavy (non-hydrogen) atoms. The van der Waals surface area contributed by atoms with Gasteiger partial charge in [-0.05, 0) is 18.9 Å². The van der Waals surface area contributed by atoms with E-state index in [2.05, 4.69) is 13.0 Å². The molecule has 0 spiro atoms. The second kappa shape index (κ2) is 11.9. The van der Waals surface area contributed by atoms with Crippen molar-refractivity contribution in [2.24, 2.45) is 0 Å². The number of carbonyl (C=O) groups excluding carboxylic acids is 1. The van der Waals surface area contributed by atoms with E-state index in [0.29, 0.717) is 0 Å². The maximum absolute atomic E-state index is 9.90. The molecule has 0 unspecified atom stereocenters. The van der Waals surface area contributed by atoms with Crippen LogP contribution in [0.1, 0.15) is 39.0 Å². The summed E-state index contributed by atoms with van der Waals surface area (Å²) in [7, 11) is 0. The van der Waals surface area contributed by atoms with E-state index in [1.54, 1.807) is 6.08 Å². The lowest BCUT2D eigenvalue weighted by Gasteiger charge is -1.92. The van der Waals surface area contributed by atoms with Gasteiger partial charge in [0.15, 0.2) is 0 Å². The summed E-state index contributed by atoms with van der Waals surface area (Å²) in [6.45, 7) is 2.22. The van der Waals surface area contributed by atoms with E-state index in [-0.39, 0.29) is 0 Å². The van der Waals surface area contributed by atoms with Crippen LogP contribution in [0.3, 0.4) is 0 Å². The normalized spacial score (nSPS) is 12.1. The second-order valence-corrected chi connectivity index (χ2v) is 3.18. The minimum Gasteiger partial charge on any atom is -0.299 e. The molecule has 0 aliphatic rings. The molecule has 0 amide bonds. The Bertz CT molecular complexity index is 199. The fourth-order valence-corrected chi connectivity index (χ4v) is 1.10. The number of carbonyl (C=O) groups is 1. The van der Waals surface area contributed by atoms with Gasteiger partial charge in [-0.25, -0.2) is 0 Å². The van der Waals surface area contributed by atoms with Crippen molar-refractivity contribution in [1.82, 2.24) is 0 Å². The molecule has 0 aromatic heterocycles. The van der Waals surface area contributed by atoms with Gasteiger partial charge in [-0.3, -0.25) is 4.79 Å². The highest BCUT2D eigenvalue weighted by atomic mass is 16.1. The van der Waals surface area contributed by atoms with Crippen LogP contribution in [0, 0.1) is 0 Å². The predicted octanol–water partition coefficient (Wildman–Crippen LogP) is 3.82. The Labute approximate surface area is 87.2 Å². The summed E-state index contributed by atoms with van der Waals surface area (Å²) in [6, 6.07) is 0. The minimum atomic E-state index is 0.777. The van der Waals surface area contributed by atoms with Crippen molar-refractivity contribution in [3.63, 3.8) is 0 Å². The molecule has 0 N–H and O–H groups in total. The van der Waals surface area contributed by atoms with Crippen molar-refractivity contribution in [3.8, 4) is 0 Å². The van der Waals surface area contributed by atoms with Crippen LogP contribution in [0.5, 0.6) is 0 Å². The fraction of sp³-hybridized carbons (Fsp3) is 0.462. The zero-order valence-corrected chi connectivity index (χ0v) is 8.99. The third-order valence-electron chi connectivity index (χ3n) is 1.88. The van der Waals surface area contributed by atoms with Crippen molar-refractivity contribution in [3.05, 3.63) is 36.5 Å². The molecule has 0 aromatic carbocycles. The van der Waals surface area contributed by atoms with E-state index < -0.39 is 0 Å². The monoisotopic (exact) mass is 192 g/mol. The molecule has 0 bridgehead atoms. The van der Waals surface area contributed by atoms with Gasteiger partial charge in [0.2, 0.25) is 0 Å². The third-order valence-corrected chi connectivity index (χ3v) is 1.88. The largest absolute Gasteiger partial charge is 0.299 e. The average Bonchev–Trinajstić information content (AvgIpc) is 2.21. The highest BCUT2D eigenvalue weighted by Crippen LogP contribution is 2.02. The topological polar surface area (TPSA) is 17.1 Å². The average molecular weight is 192 g/mol. The van der Waals surface area contributed by atoms with Crippen molar-refractivity contribution < 1.29 is 4.79 Å². The van der Waals surface area contributed by atoms with Crippen molar-refractivity contribution in [2.75, 3.05) is 0 Å². The summed E-state index contributed by atoms with van der Waals surface area (Å²) in [5.41, 5.74) is 0. The van der Waals surface area contributed by atoms with Crippen LogP contribution >= 0.6 is 0 Å². The van der Waals surface area contributed by atoms with Gasteiger partial charge in [0.25, 0.3) is 0 Å². The smallest absolute Gasteiger partial charge is 0.142 e. The number of allylic oxidation sites excluding steroid dienone is 6. The van der Waals surface area contributed by atoms with Crippen molar-refractivity contribution in [1.29, 1.82) is 0 Å². The van der Waals surface area contributed by atoms with Crippen LogP contribution in [-0.4, -0.2) is 6.29 Å².